The van der Waals surface area contributed by atoms with Crippen LogP contribution >= 0.6 is 0 Å². The van der Waals surface area contributed by atoms with E-state index in [1.54, 1.807) is 12.4 Å². The van der Waals surface area contributed by atoms with Crippen LogP contribution in [0.15, 0.2) is 54.9 Å². The largest absolute Gasteiger partial charge is 0.397 e. The van der Waals surface area contributed by atoms with Gasteiger partial charge >= 0.3 is 0 Å². The number of fused-ring (bicyclic) bond motifs is 6. The molecule has 4 aromatic rings. The normalized spacial score (nSPS) is 11.4. The molecule has 0 saturated heterocycles. The number of hydrogen-bond acceptors (Lipinski definition) is 3. The fourth-order valence-electron chi connectivity index (χ4n) is 2.64. The summed E-state index contributed by atoms with van der Waals surface area (Å²) >= 11 is 0. The van der Waals surface area contributed by atoms with Gasteiger partial charge in [-0.05, 0) is 22.9 Å². The second-order valence-electron chi connectivity index (χ2n) is 4.61. The number of rotatable bonds is 0. The van der Waals surface area contributed by atoms with Crippen LogP contribution in [0.25, 0.3) is 32.6 Å². The van der Waals surface area contributed by atoms with Gasteiger partial charge < -0.3 is 5.73 Å². The molecule has 2 aromatic heterocycles. The molecule has 0 amide bonds. The summed E-state index contributed by atoms with van der Waals surface area (Å²) < 4.78 is 0. The zero-order chi connectivity index (χ0) is 12.8. The third kappa shape index (κ3) is 1.38. The zero-order valence-electron chi connectivity index (χ0n) is 10.2. The van der Waals surface area contributed by atoms with Crippen LogP contribution in [0, 0.1) is 0 Å². The lowest BCUT2D eigenvalue weighted by Gasteiger charge is -2.08. The lowest BCUT2D eigenvalue weighted by molar-refractivity contribution is 1.38. The molecule has 4 rings (SSSR count). The van der Waals surface area contributed by atoms with E-state index in [0.717, 1.165) is 27.2 Å². The van der Waals surface area contributed by atoms with Gasteiger partial charge in [-0.1, -0.05) is 30.3 Å². The summed E-state index contributed by atoms with van der Waals surface area (Å²) in [6.07, 6.45) is 3.49. The molecule has 19 heavy (non-hydrogen) atoms. The van der Waals surface area contributed by atoms with Crippen molar-refractivity contribution in [3.63, 3.8) is 0 Å². The molecule has 2 aromatic carbocycles. The molecule has 0 unspecified atom stereocenters. The van der Waals surface area contributed by atoms with Gasteiger partial charge in [0, 0.05) is 17.0 Å². The number of anilines is 1. The van der Waals surface area contributed by atoms with E-state index in [-0.39, 0.29) is 0 Å². The van der Waals surface area contributed by atoms with E-state index in [1.807, 2.05) is 24.3 Å². The van der Waals surface area contributed by atoms with Crippen molar-refractivity contribution in [1.82, 2.24) is 9.97 Å². The van der Waals surface area contributed by atoms with Crippen molar-refractivity contribution in [2.45, 2.75) is 0 Å². The lowest BCUT2D eigenvalue weighted by Crippen LogP contribution is -1.91. The van der Waals surface area contributed by atoms with E-state index in [0.29, 0.717) is 5.69 Å². The van der Waals surface area contributed by atoms with Crippen LogP contribution in [0.1, 0.15) is 0 Å². The summed E-state index contributed by atoms with van der Waals surface area (Å²) in [5.74, 6) is 0. The molecule has 0 aliphatic rings. The Morgan fingerprint density at radius 2 is 1.42 bits per heavy atom. The maximum Gasteiger partial charge on any atom is 0.0972 e. The van der Waals surface area contributed by atoms with Crippen LogP contribution in [-0.4, -0.2) is 9.97 Å². The van der Waals surface area contributed by atoms with E-state index < -0.39 is 0 Å². The smallest absolute Gasteiger partial charge is 0.0972 e. The van der Waals surface area contributed by atoms with Crippen molar-refractivity contribution >= 4 is 38.3 Å². The van der Waals surface area contributed by atoms with E-state index >= 15 is 0 Å². The monoisotopic (exact) mass is 245 g/mol. The molecule has 2 heterocycles. The number of nitrogen functional groups attached to an aromatic ring is 1. The number of nitrogens with two attached hydrogens (primary N) is 1. The van der Waals surface area contributed by atoms with Crippen molar-refractivity contribution in [3.05, 3.63) is 54.9 Å². The zero-order valence-corrected chi connectivity index (χ0v) is 10.2. The molecule has 0 aliphatic heterocycles. The Bertz CT molecular complexity index is 893. The number of hydrogen-bond donors (Lipinski definition) is 1. The van der Waals surface area contributed by atoms with Crippen molar-refractivity contribution < 1.29 is 0 Å². The summed E-state index contributed by atoms with van der Waals surface area (Å²) in [5.41, 5.74) is 8.38. The first-order valence-corrected chi connectivity index (χ1v) is 6.15. The number of nitrogens with zero attached hydrogens (tertiary/aromatic N) is 2. The van der Waals surface area contributed by atoms with Crippen LogP contribution in [0.2, 0.25) is 0 Å². The molecule has 0 spiro atoms. The number of pyridine rings is 2. The van der Waals surface area contributed by atoms with Gasteiger partial charge in [0.05, 0.1) is 22.9 Å². The molecule has 0 fully saturated rings. The molecule has 0 atom stereocenters. The molecule has 2 N–H and O–H groups in total. The summed E-state index contributed by atoms with van der Waals surface area (Å²) in [6, 6.07) is 14.3. The van der Waals surface area contributed by atoms with Crippen molar-refractivity contribution in [1.29, 1.82) is 0 Å². The fraction of sp³-hybridized carbons (Fsp3) is 0. The van der Waals surface area contributed by atoms with Crippen LogP contribution in [0.4, 0.5) is 5.69 Å². The third-order valence-corrected chi connectivity index (χ3v) is 3.45. The summed E-state index contributed by atoms with van der Waals surface area (Å²) in [7, 11) is 0. The van der Waals surface area contributed by atoms with E-state index in [4.69, 9.17) is 5.73 Å². The van der Waals surface area contributed by atoms with E-state index in [1.165, 1.54) is 5.39 Å². The molecule has 0 bridgehead atoms. The summed E-state index contributed by atoms with van der Waals surface area (Å²) in [5, 5.41) is 4.54. The van der Waals surface area contributed by atoms with Crippen LogP contribution < -0.4 is 5.73 Å². The van der Waals surface area contributed by atoms with E-state index in [9.17, 15) is 0 Å². The number of aromatic nitrogens is 2. The Hall–Kier alpha value is -2.68. The van der Waals surface area contributed by atoms with Crippen molar-refractivity contribution in [2.24, 2.45) is 0 Å². The lowest BCUT2D eigenvalue weighted by atomic mass is 10.00. The topological polar surface area (TPSA) is 51.8 Å². The predicted octanol–water partition coefficient (Wildman–Crippen LogP) is 3.52. The molecule has 90 valence electrons. The Labute approximate surface area is 109 Å². The first kappa shape index (κ1) is 10.3. The van der Waals surface area contributed by atoms with Gasteiger partial charge in [-0.15, -0.1) is 0 Å². The van der Waals surface area contributed by atoms with Gasteiger partial charge in [-0.2, -0.15) is 0 Å². The highest BCUT2D eigenvalue weighted by Gasteiger charge is 2.09. The predicted molar refractivity (Wildman–Crippen MR) is 79.0 cm³/mol. The first-order valence-electron chi connectivity index (χ1n) is 6.15. The average Bonchev–Trinajstić information content (AvgIpc) is 2.47. The average molecular weight is 245 g/mol. The van der Waals surface area contributed by atoms with Crippen LogP contribution in [0.5, 0.6) is 0 Å². The fourth-order valence-corrected chi connectivity index (χ4v) is 2.64. The number of benzene rings is 2. The Balaban J connectivity index is 2.43. The summed E-state index contributed by atoms with van der Waals surface area (Å²) in [4.78, 5) is 8.96. The second kappa shape index (κ2) is 3.65. The Kier molecular flexibility index (Phi) is 1.97. The maximum absolute atomic E-state index is 5.88. The molecule has 3 heteroatoms. The highest BCUT2D eigenvalue weighted by atomic mass is 14.7. The first-order chi connectivity index (χ1) is 9.34. The minimum Gasteiger partial charge on any atom is -0.397 e. The molecular formula is C16H11N3. The SMILES string of the molecule is Nc1cnc2c(c1)c1ccccc1c1cccnc12. The van der Waals surface area contributed by atoms with Crippen LogP contribution in [0.3, 0.4) is 0 Å². The van der Waals surface area contributed by atoms with Crippen molar-refractivity contribution in [2.75, 3.05) is 5.73 Å². The van der Waals surface area contributed by atoms with E-state index in [2.05, 4.69) is 28.2 Å². The second-order valence-corrected chi connectivity index (χ2v) is 4.61. The summed E-state index contributed by atoms with van der Waals surface area (Å²) in [6.45, 7) is 0. The van der Waals surface area contributed by atoms with Crippen LogP contribution in [-0.2, 0) is 0 Å². The highest BCUT2D eigenvalue weighted by Crippen LogP contribution is 2.33. The Morgan fingerprint density at radius 1 is 0.737 bits per heavy atom. The molecule has 0 aliphatic carbocycles. The van der Waals surface area contributed by atoms with Crippen molar-refractivity contribution in [3.8, 4) is 0 Å². The highest BCUT2D eigenvalue weighted by molar-refractivity contribution is 6.23. The maximum atomic E-state index is 5.88. The standard InChI is InChI=1S/C16H11N3/c17-10-8-14-12-5-2-1-4-11(12)13-6-3-7-18-15(13)16(14)19-9-10/h1-9H,17H2. The molecule has 0 saturated carbocycles. The van der Waals surface area contributed by atoms with Gasteiger partial charge in [0.15, 0.2) is 0 Å². The quantitative estimate of drug-likeness (QED) is 0.482. The molecule has 3 nitrogen and oxygen atoms in total. The van der Waals surface area contributed by atoms with Gasteiger partial charge in [0.25, 0.3) is 0 Å². The van der Waals surface area contributed by atoms with Gasteiger partial charge in [-0.25, -0.2) is 0 Å². The minimum absolute atomic E-state index is 0.674. The third-order valence-electron chi connectivity index (χ3n) is 3.45. The van der Waals surface area contributed by atoms with Gasteiger partial charge in [0.2, 0.25) is 0 Å². The minimum atomic E-state index is 0.674. The Morgan fingerprint density at radius 3 is 2.26 bits per heavy atom. The molecular weight excluding hydrogens is 234 g/mol. The van der Waals surface area contributed by atoms with Gasteiger partial charge in [-0.3, -0.25) is 9.97 Å². The molecule has 0 radical (unpaired) electrons. The van der Waals surface area contributed by atoms with Gasteiger partial charge in [0.1, 0.15) is 0 Å².